The van der Waals surface area contributed by atoms with Gasteiger partial charge in [0.2, 0.25) is 5.91 Å². The maximum absolute atomic E-state index is 11.2. The molecule has 0 aromatic carbocycles. The van der Waals surface area contributed by atoms with E-state index in [4.69, 9.17) is 25.1 Å². The number of carbonyl (C=O) groups excluding carboxylic acids is 1. The summed E-state index contributed by atoms with van der Waals surface area (Å²) in [6.45, 7) is 2.01. The highest BCUT2D eigenvalue weighted by Crippen LogP contribution is 2.22. The van der Waals surface area contributed by atoms with Crippen LogP contribution in [0.3, 0.4) is 0 Å². The second-order valence-electron chi connectivity index (χ2n) is 4.70. The molecule has 5 atom stereocenters. The van der Waals surface area contributed by atoms with Gasteiger partial charge in [-0.05, 0) is 0 Å². The van der Waals surface area contributed by atoms with E-state index in [-0.39, 0.29) is 13.2 Å². The Bertz CT molecular complexity index is 318. The van der Waals surface area contributed by atoms with Gasteiger partial charge in [0.15, 0.2) is 6.29 Å². The number of amides is 1. The average Bonchev–Trinajstić information content (AvgIpc) is 2.45. The zero-order valence-corrected chi connectivity index (χ0v) is 12.0. The average molecular weight is 308 g/mol. The van der Waals surface area contributed by atoms with E-state index in [0.717, 1.165) is 0 Å². The Morgan fingerprint density at radius 3 is 2.57 bits per heavy atom. The number of hydrogen-bond donors (Lipinski definition) is 5. The topological polar surface area (TPSA) is 144 Å². The third kappa shape index (κ3) is 5.47. The Hall–Kier alpha value is -0.810. The molecule has 0 aromatic heterocycles. The molecule has 1 aliphatic heterocycles. The molecule has 21 heavy (non-hydrogen) atoms. The lowest BCUT2D eigenvalue weighted by Gasteiger charge is -2.42. The molecule has 0 saturated carbocycles. The molecule has 1 amide bonds. The number of nitrogens with two attached hydrogens (primary N) is 1. The third-order valence-corrected chi connectivity index (χ3v) is 3.02. The molecule has 9 heteroatoms. The Balaban J connectivity index is 2.58. The summed E-state index contributed by atoms with van der Waals surface area (Å²) in [5.74, 6) is -0.398. The maximum Gasteiger partial charge on any atom is 0.217 e. The van der Waals surface area contributed by atoms with Crippen molar-refractivity contribution in [2.45, 2.75) is 37.6 Å². The summed E-state index contributed by atoms with van der Waals surface area (Å²) in [6.07, 6.45) is -4.61. The first-order chi connectivity index (χ1) is 10.0. The highest BCUT2D eigenvalue weighted by molar-refractivity contribution is 5.73. The molecule has 1 heterocycles. The molecule has 0 radical (unpaired) electrons. The normalized spacial score (nSPS) is 32.9. The summed E-state index contributed by atoms with van der Waals surface area (Å²) in [5, 5.41) is 31.4. The molecule has 2 unspecified atom stereocenters. The molecule has 0 aliphatic carbocycles. The zero-order valence-electron chi connectivity index (χ0n) is 12.0. The number of hydrogen-bond acceptors (Lipinski definition) is 8. The highest BCUT2D eigenvalue weighted by atomic mass is 16.7. The zero-order chi connectivity index (χ0) is 15.8. The van der Waals surface area contributed by atoms with E-state index in [1.807, 2.05) is 0 Å². The first-order valence-corrected chi connectivity index (χ1v) is 6.80. The molecule has 124 valence electrons. The molecule has 0 spiro atoms. The Kier molecular flexibility index (Phi) is 8.04. The fraction of sp³-hybridized carbons (Fsp3) is 0.917. The number of nitrogens with one attached hydrogen (secondary N) is 1. The van der Waals surface area contributed by atoms with Crippen molar-refractivity contribution in [1.29, 1.82) is 0 Å². The SMILES string of the molecule is CC(=O)N[C@H]1C(OCCOCCN)O[C@H](CO)C(O)[C@@H]1O. The summed E-state index contributed by atoms with van der Waals surface area (Å²) < 4.78 is 15.9. The summed E-state index contributed by atoms with van der Waals surface area (Å²) >= 11 is 0. The van der Waals surface area contributed by atoms with Gasteiger partial charge in [-0.1, -0.05) is 0 Å². The molecule has 1 saturated heterocycles. The summed E-state index contributed by atoms with van der Waals surface area (Å²) in [4.78, 5) is 11.2. The molecule has 0 aromatic rings. The first-order valence-electron chi connectivity index (χ1n) is 6.80. The van der Waals surface area contributed by atoms with Crippen molar-refractivity contribution in [3.05, 3.63) is 0 Å². The van der Waals surface area contributed by atoms with Crippen LogP contribution in [0.5, 0.6) is 0 Å². The lowest BCUT2D eigenvalue weighted by molar-refractivity contribution is -0.272. The number of rotatable bonds is 8. The van der Waals surface area contributed by atoms with Crippen molar-refractivity contribution in [3.63, 3.8) is 0 Å². The molecule has 1 fully saturated rings. The van der Waals surface area contributed by atoms with E-state index in [2.05, 4.69) is 5.32 Å². The van der Waals surface area contributed by atoms with Crippen LogP contribution in [0, 0.1) is 0 Å². The molecule has 1 rings (SSSR count). The minimum Gasteiger partial charge on any atom is -0.394 e. The van der Waals surface area contributed by atoms with Crippen molar-refractivity contribution >= 4 is 5.91 Å². The van der Waals surface area contributed by atoms with Gasteiger partial charge in [0, 0.05) is 13.5 Å². The Morgan fingerprint density at radius 2 is 2.00 bits per heavy atom. The quantitative estimate of drug-likeness (QED) is 0.297. The van der Waals surface area contributed by atoms with E-state index in [9.17, 15) is 15.0 Å². The Labute approximate surface area is 123 Å². The van der Waals surface area contributed by atoms with Crippen LogP contribution in [0.1, 0.15) is 6.92 Å². The number of aliphatic hydroxyl groups excluding tert-OH is 3. The van der Waals surface area contributed by atoms with Gasteiger partial charge in [-0.2, -0.15) is 0 Å². The van der Waals surface area contributed by atoms with E-state index in [0.29, 0.717) is 13.2 Å². The number of ether oxygens (including phenoxy) is 3. The highest BCUT2D eigenvalue weighted by Gasteiger charge is 2.45. The molecule has 1 aliphatic rings. The molecule has 0 bridgehead atoms. The van der Waals surface area contributed by atoms with Crippen LogP contribution in [0.4, 0.5) is 0 Å². The van der Waals surface area contributed by atoms with Crippen LogP contribution in [-0.4, -0.2) is 84.8 Å². The van der Waals surface area contributed by atoms with Gasteiger partial charge >= 0.3 is 0 Å². The van der Waals surface area contributed by atoms with Crippen LogP contribution in [0.25, 0.3) is 0 Å². The first kappa shape index (κ1) is 18.2. The monoisotopic (exact) mass is 308 g/mol. The second-order valence-corrected chi connectivity index (χ2v) is 4.70. The predicted octanol–water partition coefficient (Wildman–Crippen LogP) is -3.08. The molecule has 6 N–H and O–H groups in total. The van der Waals surface area contributed by atoms with Crippen LogP contribution in [-0.2, 0) is 19.0 Å². The van der Waals surface area contributed by atoms with Crippen molar-refractivity contribution in [2.75, 3.05) is 33.0 Å². The van der Waals surface area contributed by atoms with Crippen LogP contribution in [0.2, 0.25) is 0 Å². The summed E-state index contributed by atoms with van der Waals surface area (Å²) in [7, 11) is 0. The lowest BCUT2D eigenvalue weighted by atomic mass is 9.97. The predicted molar refractivity (Wildman–Crippen MR) is 71.2 cm³/mol. The fourth-order valence-corrected chi connectivity index (χ4v) is 2.02. The third-order valence-electron chi connectivity index (χ3n) is 3.02. The molecule has 9 nitrogen and oxygen atoms in total. The van der Waals surface area contributed by atoms with Crippen molar-refractivity contribution in [2.24, 2.45) is 5.73 Å². The summed E-state index contributed by atoms with van der Waals surface area (Å²) in [6, 6.07) is -0.935. The second kappa shape index (κ2) is 9.26. The van der Waals surface area contributed by atoms with Gasteiger partial charge in [-0.15, -0.1) is 0 Å². The molecular formula is C12H24N2O7. The van der Waals surface area contributed by atoms with E-state index in [1.54, 1.807) is 0 Å². The van der Waals surface area contributed by atoms with Crippen LogP contribution < -0.4 is 11.1 Å². The van der Waals surface area contributed by atoms with Crippen LogP contribution >= 0.6 is 0 Å². The molecular weight excluding hydrogens is 284 g/mol. The van der Waals surface area contributed by atoms with Gasteiger partial charge in [-0.3, -0.25) is 4.79 Å². The lowest BCUT2D eigenvalue weighted by Crippen LogP contribution is -2.64. The van der Waals surface area contributed by atoms with E-state index >= 15 is 0 Å². The largest absolute Gasteiger partial charge is 0.394 e. The van der Waals surface area contributed by atoms with Gasteiger partial charge in [0.25, 0.3) is 0 Å². The minimum atomic E-state index is -1.32. The minimum absolute atomic E-state index is 0.154. The van der Waals surface area contributed by atoms with Gasteiger partial charge < -0.3 is 40.6 Å². The smallest absolute Gasteiger partial charge is 0.217 e. The fourth-order valence-electron chi connectivity index (χ4n) is 2.02. The standard InChI is InChI=1S/C12H24N2O7/c1-7(16)14-9-11(18)10(17)8(6-15)21-12(9)20-5-4-19-3-2-13/h8-12,15,17-18H,2-6,13H2,1H3,(H,14,16)/t8-,9-,10?,11-,12?/m1/s1. The van der Waals surface area contributed by atoms with Crippen LogP contribution in [0.15, 0.2) is 0 Å². The van der Waals surface area contributed by atoms with Gasteiger partial charge in [0.1, 0.15) is 24.4 Å². The van der Waals surface area contributed by atoms with Gasteiger partial charge in [0.05, 0.1) is 26.4 Å². The van der Waals surface area contributed by atoms with E-state index < -0.39 is 43.2 Å². The van der Waals surface area contributed by atoms with Crippen molar-refractivity contribution < 1.29 is 34.3 Å². The number of carbonyl (C=O) groups is 1. The van der Waals surface area contributed by atoms with E-state index in [1.165, 1.54) is 6.92 Å². The van der Waals surface area contributed by atoms with Crippen molar-refractivity contribution in [1.82, 2.24) is 5.32 Å². The summed E-state index contributed by atoms with van der Waals surface area (Å²) in [5.41, 5.74) is 5.27. The van der Waals surface area contributed by atoms with Gasteiger partial charge in [-0.25, -0.2) is 0 Å². The Morgan fingerprint density at radius 1 is 1.29 bits per heavy atom. The van der Waals surface area contributed by atoms with Crippen molar-refractivity contribution in [3.8, 4) is 0 Å². The number of aliphatic hydroxyl groups is 3. The maximum atomic E-state index is 11.2.